The number of nitrogens with two attached hydrogens (primary N) is 1. The predicted molar refractivity (Wildman–Crippen MR) is 83.1 cm³/mol. The molecule has 5 nitrogen and oxygen atoms in total. The van der Waals surface area contributed by atoms with Crippen LogP contribution in [0.5, 0.6) is 0 Å². The molecule has 0 aliphatic heterocycles. The summed E-state index contributed by atoms with van der Waals surface area (Å²) in [6.07, 6.45) is 0.924. The molecular formula is C16H17N5. The average Bonchev–Trinajstić information content (AvgIpc) is 2.96. The van der Waals surface area contributed by atoms with Gasteiger partial charge >= 0.3 is 0 Å². The first-order valence-corrected chi connectivity index (χ1v) is 6.94. The molecule has 106 valence electrons. The minimum atomic E-state index is 0.697. The Morgan fingerprint density at radius 3 is 2.71 bits per heavy atom. The van der Waals surface area contributed by atoms with Gasteiger partial charge in [0.05, 0.1) is 5.69 Å². The molecule has 21 heavy (non-hydrogen) atoms. The van der Waals surface area contributed by atoms with Crippen LogP contribution < -0.4 is 5.73 Å². The standard InChI is InChI=1S/C16H17N5/c1-3-12-7-4-6-11(2)15(12)21-16(18-19-20-21)13-8-5-9-14(17)10-13/h4-10H,3,17H2,1-2H3. The summed E-state index contributed by atoms with van der Waals surface area (Å²) in [4.78, 5) is 0. The summed E-state index contributed by atoms with van der Waals surface area (Å²) >= 11 is 0. The number of para-hydroxylation sites is 1. The van der Waals surface area contributed by atoms with E-state index in [2.05, 4.69) is 47.6 Å². The molecule has 1 heterocycles. The molecule has 0 unspecified atom stereocenters. The first kappa shape index (κ1) is 13.3. The fourth-order valence-electron chi connectivity index (χ4n) is 2.50. The summed E-state index contributed by atoms with van der Waals surface area (Å²) in [5.74, 6) is 0.700. The Morgan fingerprint density at radius 2 is 1.95 bits per heavy atom. The normalized spacial score (nSPS) is 10.8. The van der Waals surface area contributed by atoms with Crippen LogP contribution in [0.1, 0.15) is 18.1 Å². The van der Waals surface area contributed by atoms with Crippen molar-refractivity contribution < 1.29 is 0 Å². The number of anilines is 1. The maximum atomic E-state index is 5.86. The molecule has 0 atom stereocenters. The fraction of sp³-hybridized carbons (Fsp3) is 0.188. The number of nitrogens with zero attached hydrogens (tertiary/aromatic N) is 4. The van der Waals surface area contributed by atoms with Crippen LogP contribution in [0.15, 0.2) is 42.5 Å². The van der Waals surface area contributed by atoms with Crippen molar-refractivity contribution in [3.8, 4) is 17.1 Å². The zero-order valence-corrected chi connectivity index (χ0v) is 12.1. The molecule has 0 saturated heterocycles. The maximum Gasteiger partial charge on any atom is 0.187 e. The number of nitrogen functional groups attached to an aromatic ring is 1. The number of benzene rings is 2. The van der Waals surface area contributed by atoms with Gasteiger partial charge in [0, 0.05) is 11.3 Å². The lowest BCUT2D eigenvalue weighted by Crippen LogP contribution is -2.06. The van der Waals surface area contributed by atoms with E-state index < -0.39 is 0 Å². The van der Waals surface area contributed by atoms with E-state index in [9.17, 15) is 0 Å². The van der Waals surface area contributed by atoms with E-state index in [1.165, 1.54) is 5.56 Å². The highest BCUT2D eigenvalue weighted by Gasteiger charge is 2.15. The molecule has 0 radical (unpaired) electrons. The van der Waals surface area contributed by atoms with Crippen molar-refractivity contribution in [1.29, 1.82) is 0 Å². The largest absolute Gasteiger partial charge is 0.399 e. The van der Waals surface area contributed by atoms with E-state index in [4.69, 9.17) is 5.73 Å². The van der Waals surface area contributed by atoms with Crippen molar-refractivity contribution in [2.24, 2.45) is 0 Å². The van der Waals surface area contributed by atoms with Gasteiger partial charge in [-0.1, -0.05) is 37.3 Å². The van der Waals surface area contributed by atoms with Gasteiger partial charge in [0.1, 0.15) is 0 Å². The van der Waals surface area contributed by atoms with Gasteiger partial charge in [-0.15, -0.1) is 5.10 Å². The van der Waals surface area contributed by atoms with Gasteiger partial charge in [-0.2, -0.15) is 4.68 Å². The highest BCUT2D eigenvalue weighted by Crippen LogP contribution is 2.25. The summed E-state index contributed by atoms with van der Waals surface area (Å²) < 4.78 is 1.79. The van der Waals surface area contributed by atoms with Crippen molar-refractivity contribution in [1.82, 2.24) is 20.2 Å². The molecule has 0 spiro atoms. The highest BCUT2D eigenvalue weighted by atomic mass is 15.5. The van der Waals surface area contributed by atoms with E-state index in [0.717, 1.165) is 23.2 Å². The highest BCUT2D eigenvalue weighted by molar-refractivity contribution is 5.63. The lowest BCUT2D eigenvalue weighted by atomic mass is 10.1. The van der Waals surface area contributed by atoms with Gasteiger partial charge in [0.25, 0.3) is 0 Å². The van der Waals surface area contributed by atoms with Crippen LogP contribution in [0.4, 0.5) is 5.69 Å². The quantitative estimate of drug-likeness (QED) is 0.748. The molecule has 0 bridgehead atoms. The van der Waals surface area contributed by atoms with Crippen LogP contribution in [0.25, 0.3) is 17.1 Å². The Kier molecular flexibility index (Phi) is 3.39. The Balaban J connectivity index is 2.21. The van der Waals surface area contributed by atoms with E-state index in [1.807, 2.05) is 24.3 Å². The van der Waals surface area contributed by atoms with Crippen LogP contribution in [-0.4, -0.2) is 20.2 Å². The van der Waals surface area contributed by atoms with E-state index >= 15 is 0 Å². The second-order valence-electron chi connectivity index (χ2n) is 4.98. The zero-order chi connectivity index (χ0) is 14.8. The number of rotatable bonds is 3. The van der Waals surface area contributed by atoms with Gasteiger partial charge in [0.2, 0.25) is 0 Å². The van der Waals surface area contributed by atoms with Gasteiger partial charge in [0.15, 0.2) is 5.82 Å². The van der Waals surface area contributed by atoms with E-state index in [1.54, 1.807) is 4.68 Å². The number of tetrazole rings is 1. The molecular weight excluding hydrogens is 262 g/mol. The second kappa shape index (κ2) is 5.36. The minimum absolute atomic E-state index is 0.697. The molecule has 0 fully saturated rings. The Labute approximate surface area is 123 Å². The van der Waals surface area contributed by atoms with Crippen molar-refractivity contribution >= 4 is 5.69 Å². The number of aryl methyl sites for hydroxylation is 2. The molecule has 2 N–H and O–H groups in total. The molecule has 3 aromatic rings. The smallest absolute Gasteiger partial charge is 0.187 e. The van der Waals surface area contributed by atoms with Gasteiger partial charge in [-0.3, -0.25) is 0 Å². The molecule has 3 rings (SSSR count). The van der Waals surface area contributed by atoms with E-state index in [0.29, 0.717) is 11.5 Å². The summed E-state index contributed by atoms with van der Waals surface area (Å²) in [6.45, 7) is 4.20. The number of hydrogen-bond donors (Lipinski definition) is 1. The summed E-state index contributed by atoms with van der Waals surface area (Å²) in [5, 5.41) is 12.2. The SMILES string of the molecule is CCc1cccc(C)c1-n1nnnc1-c1cccc(N)c1. The van der Waals surface area contributed by atoms with Crippen LogP contribution in [0.2, 0.25) is 0 Å². The number of hydrogen-bond acceptors (Lipinski definition) is 4. The molecule has 0 aliphatic carbocycles. The summed E-state index contributed by atoms with van der Waals surface area (Å²) in [5.41, 5.74) is 10.9. The van der Waals surface area contributed by atoms with Crippen LogP contribution in [0.3, 0.4) is 0 Å². The van der Waals surface area contributed by atoms with Gasteiger partial charge < -0.3 is 5.73 Å². The first-order chi connectivity index (χ1) is 10.2. The van der Waals surface area contributed by atoms with Gasteiger partial charge in [-0.05, 0) is 47.0 Å². The van der Waals surface area contributed by atoms with Crippen molar-refractivity contribution in [2.45, 2.75) is 20.3 Å². The lowest BCUT2D eigenvalue weighted by Gasteiger charge is -2.12. The zero-order valence-electron chi connectivity index (χ0n) is 12.1. The second-order valence-corrected chi connectivity index (χ2v) is 4.98. The minimum Gasteiger partial charge on any atom is -0.399 e. The lowest BCUT2D eigenvalue weighted by molar-refractivity contribution is 0.779. The topological polar surface area (TPSA) is 69.6 Å². The third kappa shape index (κ3) is 2.38. The monoisotopic (exact) mass is 279 g/mol. The molecule has 1 aromatic heterocycles. The molecule has 0 amide bonds. The fourth-order valence-corrected chi connectivity index (χ4v) is 2.50. The Bertz CT molecular complexity index is 776. The average molecular weight is 279 g/mol. The molecule has 2 aromatic carbocycles. The van der Waals surface area contributed by atoms with Gasteiger partial charge in [-0.25, -0.2) is 0 Å². The van der Waals surface area contributed by atoms with Crippen LogP contribution in [0, 0.1) is 6.92 Å². The summed E-state index contributed by atoms with van der Waals surface area (Å²) in [6, 6.07) is 13.8. The van der Waals surface area contributed by atoms with Crippen molar-refractivity contribution in [3.05, 3.63) is 53.6 Å². The van der Waals surface area contributed by atoms with Crippen molar-refractivity contribution in [3.63, 3.8) is 0 Å². The van der Waals surface area contributed by atoms with Crippen LogP contribution in [-0.2, 0) is 6.42 Å². The molecule has 0 aliphatic rings. The molecule has 5 heteroatoms. The van der Waals surface area contributed by atoms with E-state index in [-0.39, 0.29) is 0 Å². The Morgan fingerprint density at radius 1 is 1.14 bits per heavy atom. The number of aromatic nitrogens is 4. The third-order valence-electron chi connectivity index (χ3n) is 3.53. The molecule has 0 saturated carbocycles. The third-order valence-corrected chi connectivity index (χ3v) is 3.53. The maximum absolute atomic E-state index is 5.86. The predicted octanol–water partition coefficient (Wildman–Crippen LogP) is 2.78. The first-order valence-electron chi connectivity index (χ1n) is 6.94. The Hall–Kier alpha value is -2.69. The van der Waals surface area contributed by atoms with Crippen molar-refractivity contribution in [2.75, 3.05) is 5.73 Å². The summed E-state index contributed by atoms with van der Waals surface area (Å²) in [7, 11) is 0. The van der Waals surface area contributed by atoms with Crippen LogP contribution >= 0.6 is 0 Å².